The molecule has 1 aromatic heterocycles. The van der Waals surface area contributed by atoms with Gasteiger partial charge in [0.05, 0.1) is 19.3 Å². The number of aryl methyl sites for hydroxylation is 2. The van der Waals surface area contributed by atoms with Crippen LogP contribution in [0.4, 0.5) is 0 Å². The fourth-order valence-corrected chi connectivity index (χ4v) is 4.25. The van der Waals surface area contributed by atoms with E-state index < -0.39 is 8.32 Å². The molecule has 1 heterocycles. The van der Waals surface area contributed by atoms with Crippen molar-refractivity contribution in [2.24, 2.45) is 0 Å². The van der Waals surface area contributed by atoms with Crippen molar-refractivity contribution in [2.45, 2.75) is 78.6 Å². The number of rotatable bonds is 8. The smallest absolute Gasteiger partial charge is 0.338 e. The van der Waals surface area contributed by atoms with Crippen molar-refractivity contribution in [2.75, 3.05) is 7.11 Å². The summed E-state index contributed by atoms with van der Waals surface area (Å²) in [5.41, 5.74) is 4.05. The SMILES string of the molecule is CCCCc1cc(C(=O)OC)c(CO[Si](C)(C)C(C)(C)C)cc1-c1nc(C)[nH]c1Cl. The number of carbonyl (C=O) groups is 1. The van der Waals surface area contributed by atoms with E-state index in [1.807, 2.05) is 19.1 Å². The molecule has 0 aliphatic carbocycles. The fourth-order valence-electron chi connectivity index (χ4n) is 3.02. The van der Waals surface area contributed by atoms with E-state index in [1.54, 1.807) is 0 Å². The Morgan fingerprint density at radius 3 is 2.40 bits per heavy atom. The van der Waals surface area contributed by atoms with Crippen LogP contribution in [0.25, 0.3) is 11.3 Å². The second-order valence-electron chi connectivity index (χ2n) is 9.30. The Balaban J connectivity index is 2.59. The maximum Gasteiger partial charge on any atom is 0.338 e. The molecule has 0 aliphatic rings. The number of ether oxygens (including phenoxy) is 1. The number of imidazole rings is 1. The number of halogens is 1. The minimum absolute atomic E-state index is 0.0743. The highest BCUT2D eigenvalue weighted by Crippen LogP contribution is 2.38. The molecule has 0 saturated heterocycles. The number of H-pyrrole nitrogens is 1. The number of benzene rings is 1. The molecule has 0 bridgehead atoms. The lowest BCUT2D eigenvalue weighted by atomic mass is 9.94. The number of nitrogens with zero attached hydrogens (tertiary/aromatic N) is 1. The van der Waals surface area contributed by atoms with Crippen molar-refractivity contribution in [3.63, 3.8) is 0 Å². The quantitative estimate of drug-likeness (QED) is 0.359. The number of carbonyl (C=O) groups excluding carboxylic acids is 1. The Labute approximate surface area is 186 Å². The number of aromatic amines is 1. The van der Waals surface area contributed by atoms with Crippen LogP contribution >= 0.6 is 11.6 Å². The van der Waals surface area contributed by atoms with Gasteiger partial charge in [-0.05, 0) is 61.2 Å². The normalized spacial score (nSPS) is 12.3. The van der Waals surface area contributed by atoms with Crippen LogP contribution in [0.2, 0.25) is 23.3 Å². The Bertz CT molecular complexity index is 901. The van der Waals surface area contributed by atoms with E-state index in [1.165, 1.54) is 7.11 Å². The molecule has 30 heavy (non-hydrogen) atoms. The van der Waals surface area contributed by atoms with Crippen LogP contribution in [0.3, 0.4) is 0 Å². The second kappa shape index (κ2) is 9.67. The zero-order valence-corrected chi connectivity index (χ0v) is 21.3. The first kappa shape index (κ1) is 24.6. The van der Waals surface area contributed by atoms with Crippen molar-refractivity contribution in [3.05, 3.63) is 39.8 Å². The average Bonchev–Trinajstić information content (AvgIpc) is 3.00. The molecule has 5 nitrogen and oxygen atoms in total. The van der Waals surface area contributed by atoms with Gasteiger partial charge in [0.25, 0.3) is 0 Å². The lowest BCUT2D eigenvalue weighted by Gasteiger charge is -2.36. The number of unbranched alkanes of at least 4 members (excludes halogenated alkanes) is 1. The van der Waals surface area contributed by atoms with E-state index in [0.29, 0.717) is 23.0 Å². The van der Waals surface area contributed by atoms with E-state index in [4.69, 9.17) is 20.8 Å². The largest absolute Gasteiger partial charge is 0.465 e. The maximum absolute atomic E-state index is 12.6. The van der Waals surface area contributed by atoms with E-state index in [9.17, 15) is 4.79 Å². The van der Waals surface area contributed by atoms with Gasteiger partial charge in [0.2, 0.25) is 0 Å². The second-order valence-corrected chi connectivity index (χ2v) is 14.5. The standard InChI is InChI=1S/C23H35ClN2O3Si/c1-9-10-11-16-12-19(22(27)28-6)17(14-29-30(7,8)23(3,4)5)13-18(16)20-21(24)26-15(2)25-20/h12-13H,9-11,14H2,1-8H3,(H,25,26). The molecule has 0 fully saturated rings. The molecular weight excluding hydrogens is 416 g/mol. The van der Waals surface area contributed by atoms with Crippen LogP contribution in [0.1, 0.15) is 67.8 Å². The van der Waals surface area contributed by atoms with Crippen LogP contribution < -0.4 is 0 Å². The molecule has 1 aromatic carbocycles. The average molecular weight is 451 g/mol. The number of nitrogens with one attached hydrogen (secondary N) is 1. The molecular formula is C23H35ClN2O3Si. The molecule has 0 saturated carbocycles. The Morgan fingerprint density at radius 2 is 1.90 bits per heavy atom. The monoisotopic (exact) mass is 450 g/mol. The summed E-state index contributed by atoms with van der Waals surface area (Å²) in [6.07, 6.45) is 2.90. The third kappa shape index (κ3) is 5.53. The Hall–Kier alpha value is -1.63. The highest BCUT2D eigenvalue weighted by molar-refractivity contribution is 6.74. The van der Waals surface area contributed by atoms with Crippen molar-refractivity contribution < 1.29 is 14.0 Å². The van der Waals surface area contributed by atoms with Gasteiger partial charge in [0.1, 0.15) is 16.7 Å². The molecule has 2 aromatic rings. The third-order valence-electron chi connectivity index (χ3n) is 5.96. The Kier molecular flexibility index (Phi) is 7.94. The zero-order valence-electron chi connectivity index (χ0n) is 19.5. The lowest BCUT2D eigenvalue weighted by Crippen LogP contribution is -2.40. The molecule has 0 unspecified atom stereocenters. The summed E-state index contributed by atoms with van der Waals surface area (Å²) < 4.78 is 11.5. The van der Waals surface area contributed by atoms with Crippen molar-refractivity contribution >= 4 is 25.9 Å². The van der Waals surface area contributed by atoms with Gasteiger partial charge in [-0.15, -0.1) is 0 Å². The maximum atomic E-state index is 12.6. The predicted octanol–water partition coefficient (Wildman–Crippen LogP) is 6.69. The van der Waals surface area contributed by atoms with Crippen LogP contribution in [-0.4, -0.2) is 31.4 Å². The summed E-state index contributed by atoms with van der Waals surface area (Å²) in [6, 6.07) is 3.94. The van der Waals surface area contributed by atoms with Crippen LogP contribution in [-0.2, 0) is 22.2 Å². The van der Waals surface area contributed by atoms with E-state index >= 15 is 0 Å². The topological polar surface area (TPSA) is 64.2 Å². The minimum atomic E-state index is -1.99. The molecule has 2 rings (SSSR count). The summed E-state index contributed by atoms with van der Waals surface area (Å²) >= 11 is 6.44. The van der Waals surface area contributed by atoms with Gasteiger partial charge in [0.15, 0.2) is 8.32 Å². The van der Waals surface area contributed by atoms with Crippen LogP contribution in [0, 0.1) is 6.92 Å². The van der Waals surface area contributed by atoms with Gasteiger partial charge in [-0.1, -0.05) is 45.7 Å². The molecule has 0 atom stereocenters. The summed E-state index contributed by atoms with van der Waals surface area (Å²) in [7, 11) is -0.583. The fraction of sp³-hybridized carbons (Fsp3) is 0.565. The van der Waals surface area contributed by atoms with Gasteiger partial charge < -0.3 is 14.1 Å². The summed E-state index contributed by atoms with van der Waals surface area (Å²) in [6.45, 7) is 15.4. The van der Waals surface area contributed by atoms with E-state index in [2.05, 4.69) is 50.8 Å². The van der Waals surface area contributed by atoms with Crippen LogP contribution in [0.5, 0.6) is 0 Å². The summed E-state index contributed by atoms with van der Waals surface area (Å²) in [4.78, 5) is 20.3. The number of hydrogen-bond acceptors (Lipinski definition) is 4. The molecule has 7 heteroatoms. The highest BCUT2D eigenvalue weighted by Gasteiger charge is 2.37. The van der Waals surface area contributed by atoms with E-state index in [0.717, 1.165) is 41.8 Å². The number of hydrogen-bond donors (Lipinski definition) is 1. The summed E-state index contributed by atoms with van der Waals surface area (Å²) in [5, 5.41) is 0.581. The summed E-state index contributed by atoms with van der Waals surface area (Å²) in [5.74, 6) is 0.407. The minimum Gasteiger partial charge on any atom is -0.465 e. The number of esters is 1. The van der Waals surface area contributed by atoms with Gasteiger partial charge >= 0.3 is 5.97 Å². The molecule has 0 aliphatic heterocycles. The van der Waals surface area contributed by atoms with Crippen molar-refractivity contribution in [3.8, 4) is 11.3 Å². The number of methoxy groups -OCH3 is 1. The van der Waals surface area contributed by atoms with Crippen LogP contribution in [0.15, 0.2) is 12.1 Å². The first-order chi connectivity index (χ1) is 13.9. The van der Waals surface area contributed by atoms with Gasteiger partial charge in [0, 0.05) is 5.56 Å². The van der Waals surface area contributed by atoms with Crippen molar-refractivity contribution in [1.82, 2.24) is 9.97 Å². The highest BCUT2D eigenvalue weighted by atomic mass is 35.5. The molecule has 166 valence electrons. The molecule has 0 spiro atoms. The molecule has 0 amide bonds. The van der Waals surface area contributed by atoms with Gasteiger partial charge in [-0.25, -0.2) is 9.78 Å². The lowest BCUT2D eigenvalue weighted by molar-refractivity contribution is 0.0597. The Morgan fingerprint density at radius 1 is 1.23 bits per heavy atom. The molecule has 1 N–H and O–H groups in total. The van der Waals surface area contributed by atoms with E-state index in [-0.39, 0.29) is 11.0 Å². The third-order valence-corrected chi connectivity index (χ3v) is 10.7. The first-order valence-corrected chi connectivity index (χ1v) is 13.8. The first-order valence-electron chi connectivity index (χ1n) is 10.5. The van der Waals surface area contributed by atoms with Crippen molar-refractivity contribution in [1.29, 1.82) is 0 Å². The van der Waals surface area contributed by atoms with Gasteiger partial charge in [-0.3, -0.25) is 0 Å². The number of aromatic nitrogens is 2. The molecule has 0 radical (unpaired) electrons. The predicted molar refractivity (Wildman–Crippen MR) is 126 cm³/mol. The van der Waals surface area contributed by atoms with Gasteiger partial charge in [-0.2, -0.15) is 0 Å². The zero-order chi connectivity index (χ0) is 22.7.